The van der Waals surface area contributed by atoms with Gasteiger partial charge in [0.2, 0.25) is 0 Å². The van der Waals surface area contributed by atoms with Crippen LogP contribution in [0, 0.1) is 0 Å². The van der Waals surface area contributed by atoms with Gasteiger partial charge in [-0.25, -0.2) is 0 Å². The molecule has 2 rings (SSSR count). The zero-order chi connectivity index (χ0) is 12.1. The Labute approximate surface area is 108 Å². The van der Waals surface area contributed by atoms with Crippen molar-refractivity contribution in [2.75, 3.05) is 37.8 Å². The summed E-state index contributed by atoms with van der Waals surface area (Å²) >= 11 is 4.15. The molecular formula is C12H20N4S. The van der Waals surface area contributed by atoms with Crippen LogP contribution in [0.5, 0.6) is 0 Å². The number of likely N-dealkylation sites (tertiary alicyclic amines) is 1. The Kier molecular flexibility index (Phi) is 4.62. The number of hydrogen-bond acceptors (Lipinski definition) is 5. The third-order valence-corrected chi connectivity index (χ3v) is 3.46. The van der Waals surface area contributed by atoms with E-state index in [9.17, 15) is 0 Å². The first-order valence-electron chi connectivity index (χ1n) is 6.16. The zero-order valence-corrected chi connectivity index (χ0v) is 11.2. The van der Waals surface area contributed by atoms with Crippen molar-refractivity contribution in [1.82, 2.24) is 15.1 Å². The molecule has 1 fully saturated rings. The summed E-state index contributed by atoms with van der Waals surface area (Å²) in [4.78, 5) is 2.37. The van der Waals surface area contributed by atoms with E-state index in [-0.39, 0.29) is 0 Å². The highest BCUT2D eigenvalue weighted by molar-refractivity contribution is 7.80. The van der Waals surface area contributed by atoms with Gasteiger partial charge in [0, 0.05) is 18.2 Å². The van der Waals surface area contributed by atoms with Crippen molar-refractivity contribution in [3.63, 3.8) is 0 Å². The van der Waals surface area contributed by atoms with E-state index < -0.39 is 0 Å². The summed E-state index contributed by atoms with van der Waals surface area (Å²) < 4.78 is 0. The average molecular weight is 252 g/mol. The van der Waals surface area contributed by atoms with Crippen molar-refractivity contribution in [2.45, 2.75) is 18.8 Å². The average Bonchev–Trinajstić information content (AvgIpc) is 2.38. The Hall–Kier alpha value is -0.810. The lowest BCUT2D eigenvalue weighted by atomic mass is 9.94. The number of nitrogens with zero attached hydrogens (tertiary/aromatic N) is 3. The maximum absolute atomic E-state index is 4.32. The number of nitrogens with one attached hydrogen (secondary N) is 1. The standard InChI is InChI=1S/C12H20N4S/c1-16-7-4-10(5-8-16)11-2-3-12(15-14-11)13-6-9-17/h2-3,10,17H,4-9H2,1H3,(H,13,15). The number of aromatic nitrogens is 2. The minimum Gasteiger partial charge on any atom is -0.368 e. The summed E-state index contributed by atoms with van der Waals surface area (Å²) in [5.74, 6) is 2.23. The van der Waals surface area contributed by atoms with Crippen LogP contribution in [0.4, 0.5) is 5.82 Å². The van der Waals surface area contributed by atoms with Gasteiger partial charge in [0.05, 0.1) is 5.69 Å². The first kappa shape index (κ1) is 12.6. The van der Waals surface area contributed by atoms with Crippen LogP contribution in [-0.4, -0.2) is 47.5 Å². The lowest BCUT2D eigenvalue weighted by Gasteiger charge is -2.28. The van der Waals surface area contributed by atoms with Gasteiger partial charge < -0.3 is 10.2 Å². The molecule has 0 saturated carbocycles. The van der Waals surface area contributed by atoms with Crippen LogP contribution in [0.15, 0.2) is 12.1 Å². The second-order valence-corrected chi connectivity index (χ2v) is 5.02. The molecule has 2 heterocycles. The van der Waals surface area contributed by atoms with E-state index in [2.05, 4.69) is 46.2 Å². The fourth-order valence-electron chi connectivity index (χ4n) is 2.14. The molecule has 0 atom stereocenters. The summed E-state index contributed by atoms with van der Waals surface area (Å²) in [7, 11) is 2.17. The number of anilines is 1. The normalized spacial score (nSPS) is 18.2. The van der Waals surface area contributed by atoms with Gasteiger partial charge in [-0.1, -0.05) is 0 Å². The minimum absolute atomic E-state index is 0.581. The number of piperidine rings is 1. The van der Waals surface area contributed by atoms with Crippen LogP contribution in [-0.2, 0) is 0 Å². The van der Waals surface area contributed by atoms with Crippen LogP contribution in [0.2, 0.25) is 0 Å². The van der Waals surface area contributed by atoms with Crippen molar-refractivity contribution >= 4 is 18.4 Å². The Bertz CT molecular complexity index is 333. The summed E-state index contributed by atoms with van der Waals surface area (Å²) in [5, 5.41) is 11.7. The van der Waals surface area contributed by atoms with Gasteiger partial charge in [-0.3, -0.25) is 0 Å². The molecule has 1 aromatic heterocycles. The number of rotatable bonds is 4. The highest BCUT2D eigenvalue weighted by atomic mass is 32.1. The quantitative estimate of drug-likeness (QED) is 0.799. The molecule has 1 saturated heterocycles. The molecule has 94 valence electrons. The summed E-state index contributed by atoms with van der Waals surface area (Å²) in [6.45, 7) is 3.14. The molecule has 4 nitrogen and oxygen atoms in total. The Morgan fingerprint density at radius 1 is 1.35 bits per heavy atom. The molecule has 1 aliphatic rings. The smallest absolute Gasteiger partial charge is 0.148 e. The second kappa shape index (κ2) is 6.21. The predicted molar refractivity (Wildman–Crippen MR) is 73.8 cm³/mol. The van der Waals surface area contributed by atoms with Crippen molar-refractivity contribution in [3.05, 3.63) is 17.8 Å². The summed E-state index contributed by atoms with van der Waals surface area (Å²) in [6, 6.07) is 4.12. The summed E-state index contributed by atoms with van der Waals surface area (Å²) in [5.41, 5.74) is 1.13. The van der Waals surface area contributed by atoms with Crippen LogP contribution in [0.3, 0.4) is 0 Å². The highest BCUT2D eigenvalue weighted by Crippen LogP contribution is 2.25. The maximum Gasteiger partial charge on any atom is 0.148 e. The first-order chi connectivity index (χ1) is 8.29. The molecule has 5 heteroatoms. The van der Waals surface area contributed by atoms with Gasteiger partial charge in [0.1, 0.15) is 5.82 Å². The number of hydrogen-bond donors (Lipinski definition) is 2. The molecule has 0 unspecified atom stereocenters. The van der Waals surface area contributed by atoms with Crippen molar-refractivity contribution in [2.24, 2.45) is 0 Å². The Morgan fingerprint density at radius 2 is 2.12 bits per heavy atom. The SMILES string of the molecule is CN1CCC(c2ccc(NCCS)nn2)CC1. The third-order valence-electron chi connectivity index (χ3n) is 3.24. The van der Waals surface area contributed by atoms with Crippen LogP contribution in [0.1, 0.15) is 24.5 Å². The predicted octanol–water partition coefficient (Wildman–Crippen LogP) is 1.63. The first-order valence-corrected chi connectivity index (χ1v) is 6.79. The molecule has 0 bridgehead atoms. The number of thiol groups is 1. The largest absolute Gasteiger partial charge is 0.368 e. The zero-order valence-electron chi connectivity index (χ0n) is 10.3. The lowest BCUT2D eigenvalue weighted by Crippen LogP contribution is -2.29. The van der Waals surface area contributed by atoms with E-state index in [1.54, 1.807) is 0 Å². The highest BCUT2D eigenvalue weighted by Gasteiger charge is 2.19. The van der Waals surface area contributed by atoms with E-state index in [0.29, 0.717) is 5.92 Å². The molecule has 0 spiro atoms. The Balaban J connectivity index is 1.93. The van der Waals surface area contributed by atoms with E-state index in [4.69, 9.17) is 0 Å². The molecule has 17 heavy (non-hydrogen) atoms. The van der Waals surface area contributed by atoms with E-state index in [0.717, 1.165) is 36.9 Å². The summed E-state index contributed by atoms with van der Waals surface area (Å²) in [6.07, 6.45) is 2.38. The molecule has 0 aromatic carbocycles. The van der Waals surface area contributed by atoms with E-state index >= 15 is 0 Å². The molecule has 0 aliphatic carbocycles. The van der Waals surface area contributed by atoms with Crippen LogP contribution < -0.4 is 5.32 Å². The van der Waals surface area contributed by atoms with E-state index in [1.165, 1.54) is 12.8 Å². The molecule has 0 amide bonds. The minimum atomic E-state index is 0.581. The topological polar surface area (TPSA) is 41.0 Å². The monoisotopic (exact) mass is 252 g/mol. The van der Waals surface area contributed by atoms with Crippen molar-refractivity contribution < 1.29 is 0 Å². The van der Waals surface area contributed by atoms with Crippen molar-refractivity contribution in [1.29, 1.82) is 0 Å². The molecule has 1 aromatic rings. The van der Waals surface area contributed by atoms with Crippen LogP contribution in [0.25, 0.3) is 0 Å². The van der Waals surface area contributed by atoms with Gasteiger partial charge in [0.15, 0.2) is 0 Å². The van der Waals surface area contributed by atoms with E-state index in [1.807, 2.05) is 6.07 Å². The van der Waals surface area contributed by atoms with Gasteiger partial charge in [-0.2, -0.15) is 17.7 Å². The Morgan fingerprint density at radius 3 is 2.71 bits per heavy atom. The second-order valence-electron chi connectivity index (χ2n) is 4.57. The van der Waals surface area contributed by atoms with Gasteiger partial charge in [-0.15, -0.1) is 5.10 Å². The fraction of sp³-hybridized carbons (Fsp3) is 0.667. The third kappa shape index (κ3) is 3.57. The van der Waals surface area contributed by atoms with Gasteiger partial charge in [-0.05, 0) is 45.1 Å². The fourth-order valence-corrected chi connectivity index (χ4v) is 2.25. The molecule has 1 N–H and O–H groups in total. The molecular weight excluding hydrogens is 232 g/mol. The van der Waals surface area contributed by atoms with Crippen LogP contribution >= 0.6 is 12.6 Å². The molecule has 1 aliphatic heterocycles. The van der Waals surface area contributed by atoms with Gasteiger partial charge in [0.25, 0.3) is 0 Å². The molecule has 0 radical (unpaired) electrons. The maximum atomic E-state index is 4.32. The van der Waals surface area contributed by atoms with Gasteiger partial charge >= 0.3 is 0 Å². The lowest BCUT2D eigenvalue weighted by molar-refractivity contribution is 0.253. The van der Waals surface area contributed by atoms with Crippen molar-refractivity contribution in [3.8, 4) is 0 Å².